The summed E-state index contributed by atoms with van der Waals surface area (Å²) in [5.74, 6) is 2.44. The van der Waals surface area contributed by atoms with E-state index in [9.17, 15) is 0 Å². The van der Waals surface area contributed by atoms with Gasteiger partial charge in [0.05, 0.1) is 45.2 Å². The molecule has 8 heteroatoms. The molecule has 2 aromatic carbocycles. The van der Waals surface area contributed by atoms with Crippen LogP contribution in [-0.2, 0) is 0 Å². The Bertz CT molecular complexity index is 966. The maximum absolute atomic E-state index is 5.58. The summed E-state index contributed by atoms with van der Waals surface area (Å²) >= 11 is 0. The summed E-state index contributed by atoms with van der Waals surface area (Å²) in [4.78, 5) is 9.03. The number of fused-ring (bicyclic) bond motifs is 1. The number of benzene rings is 2. The van der Waals surface area contributed by atoms with Crippen LogP contribution in [0.15, 0.2) is 41.5 Å². The van der Waals surface area contributed by atoms with Crippen molar-refractivity contribution in [3.8, 4) is 23.1 Å². The van der Waals surface area contributed by atoms with Crippen molar-refractivity contribution in [2.24, 2.45) is 5.10 Å². The lowest BCUT2D eigenvalue weighted by Crippen LogP contribution is -2.03. The minimum absolute atomic E-state index is 0.392. The average Bonchev–Trinajstić information content (AvgIpc) is 2.73. The molecule has 0 aliphatic carbocycles. The maximum atomic E-state index is 5.58. The lowest BCUT2D eigenvalue weighted by Gasteiger charge is -2.12. The van der Waals surface area contributed by atoms with Gasteiger partial charge >= 0.3 is 0 Å². The number of anilines is 1. The van der Waals surface area contributed by atoms with Crippen molar-refractivity contribution in [1.29, 1.82) is 0 Å². The molecular formula is C20H22N4O4. The Hall–Kier alpha value is -3.55. The number of ether oxygens (including phenoxy) is 4. The molecular weight excluding hydrogens is 360 g/mol. The largest absolute Gasteiger partial charge is 0.493 e. The van der Waals surface area contributed by atoms with Crippen molar-refractivity contribution in [3.05, 3.63) is 42.0 Å². The van der Waals surface area contributed by atoms with Crippen molar-refractivity contribution >= 4 is 23.1 Å². The van der Waals surface area contributed by atoms with Gasteiger partial charge in [0.25, 0.3) is 5.88 Å². The van der Waals surface area contributed by atoms with Crippen LogP contribution in [-0.4, -0.2) is 44.1 Å². The van der Waals surface area contributed by atoms with E-state index in [1.165, 1.54) is 0 Å². The van der Waals surface area contributed by atoms with Crippen molar-refractivity contribution in [2.75, 3.05) is 33.4 Å². The number of nitrogens with zero attached hydrogens (tertiary/aromatic N) is 3. The number of nitrogens with one attached hydrogen (secondary N) is 1. The van der Waals surface area contributed by atoms with Crippen LogP contribution < -0.4 is 24.4 Å². The predicted molar refractivity (Wildman–Crippen MR) is 108 cm³/mol. The molecule has 0 aliphatic heterocycles. The summed E-state index contributed by atoms with van der Waals surface area (Å²) in [6.45, 7) is 2.36. The van der Waals surface area contributed by atoms with Gasteiger partial charge in [-0.2, -0.15) is 5.10 Å². The van der Waals surface area contributed by atoms with Crippen LogP contribution >= 0.6 is 0 Å². The molecule has 0 unspecified atom stereocenters. The summed E-state index contributed by atoms with van der Waals surface area (Å²) in [6, 6.07) is 11.2. The zero-order chi connectivity index (χ0) is 19.9. The predicted octanol–water partition coefficient (Wildman–Crippen LogP) is 3.50. The normalized spacial score (nSPS) is 10.9. The summed E-state index contributed by atoms with van der Waals surface area (Å²) in [5.41, 5.74) is 5.16. The highest BCUT2D eigenvalue weighted by atomic mass is 16.5. The van der Waals surface area contributed by atoms with Gasteiger partial charge in [0.2, 0.25) is 11.6 Å². The standard InChI is InChI=1S/C20H22N4O4/c1-5-28-20-19(22-14-8-6-7-9-15(14)23-20)24-21-12-13-10-16(25-2)18(27-4)17(11-13)26-3/h6-12H,5H2,1-4H3,(H,22,24). The molecule has 1 heterocycles. The molecule has 0 saturated heterocycles. The van der Waals surface area contributed by atoms with Gasteiger partial charge in [0.15, 0.2) is 11.5 Å². The van der Waals surface area contributed by atoms with Crippen LogP contribution in [0.25, 0.3) is 11.0 Å². The monoisotopic (exact) mass is 382 g/mol. The minimum Gasteiger partial charge on any atom is -0.493 e. The minimum atomic E-state index is 0.392. The Morgan fingerprint density at radius 2 is 1.61 bits per heavy atom. The molecule has 8 nitrogen and oxygen atoms in total. The first kappa shape index (κ1) is 19.2. The fourth-order valence-corrected chi connectivity index (χ4v) is 2.64. The lowest BCUT2D eigenvalue weighted by molar-refractivity contribution is 0.324. The van der Waals surface area contributed by atoms with Gasteiger partial charge in [0.1, 0.15) is 0 Å². The third kappa shape index (κ3) is 4.06. The van der Waals surface area contributed by atoms with Crippen molar-refractivity contribution in [1.82, 2.24) is 9.97 Å². The van der Waals surface area contributed by atoms with Crippen LogP contribution in [0.3, 0.4) is 0 Å². The summed E-state index contributed by atoms with van der Waals surface area (Å²) < 4.78 is 21.6. The Balaban J connectivity index is 1.89. The van der Waals surface area contributed by atoms with Gasteiger partial charge in [-0.3, -0.25) is 5.43 Å². The lowest BCUT2D eigenvalue weighted by atomic mass is 10.2. The topological polar surface area (TPSA) is 87.1 Å². The SMILES string of the molecule is CCOc1nc2ccccc2nc1NN=Cc1cc(OC)c(OC)c(OC)c1. The van der Waals surface area contributed by atoms with E-state index in [-0.39, 0.29) is 0 Å². The summed E-state index contributed by atoms with van der Waals surface area (Å²) in [6.07, 6.45) is 1.62. The third-order valence-electron chi connectivity index (χ3n) is 3.89. The van der Waals surface area contributed by atoms with E-state index in [1.54, 1.807) is 39.7 Å². The Morgan fingerprint density at radius 3 is 2.18 bits per heavy atom. The highest BCUT2D eigenvalue weighted by molar-refractivity contribution is 5.83. The van der Waals surface area contributed by atoms with Crippen LogP contribution in [0.5, 0.6) is 23.1 Å². The smallest absolute Gasteiger partial charge is 0.259 e. The second-order valence-corrected chi connectivity index (χ2v) is 5.63. The van der Waals surface area contributed by atoms with E-state index >= 15 is 0 Å². The van der Waals surface area contributed by atoms with Gasteiger partial charge in [-0.05, 0) is 31.2 Å². The molecule has 0 aliphatic rings. The number of aromatic nitrogens is 2. The molecule has 0 amide bonds. The molecule has 146 valence electrons. The van der Waals surface area contributed by atoms with Crippen LogP contribution in [0.1, 0.15) is 12.5 Å². The number of hydrazone groups is 1. The van der Waals surface area contributed by atoms with Crippen LogP contribution in [0.2, 0.25) is 0 Å². The first-order valence-corrected chi connectivity index (χ1v) is 8.68. The van der Waals surface area contributed by atoms with E-state index in [0.717, 1.165) is 16.6 Å². The van der Waals surface area contributed by atoms with E-state index in [4.69, 9.17) is 18.9 Å². The third-order valence-corrected chi connectivity index (χ3v) is 3.89. The van der Waals surface area contributed by atoms with Crippen molar-refractivity contribution in [3.63, 3.8) is 0 Å². The van der Waals surface area contributed by atoms with E-state index < -0.39 is 0 Å². The molecule has 1 N–H and O–H groups in total. The summed E-state index contributed by atoms with van der Waals surface area (Å²) in [5, 5.41) is 4.26. The van der Waals surface area contributed by atoms with Gasteiger partial charge in [-0.15, -0.1) is 0 Å². The molecule has 0 radical (unpaired) electrons. The van der Waals surface area contributed by atoms with Gasteiger partial charge < -0.3 is 18.9 Å². The molecule has 0 atom stereocenters. The van der Waals surface area contributed by atoms with Crippen LogP contribution in [0, 0.1) is 0 Å². The molecule has 0 bridgehead atoms. The molecule has 3 rings (SSSR count). The van der Waals surface area contributed by atoms with E-state index in [1.807, 2.05) is 31.2 Å². The van der Waals surface area contributed by atoms with E-state index in [2.05, 4.69) is 20.5 Å². The fourth-order valence-electron chi connectivity index (χ4n) is 2.64. The quantitative estimate of drug-likeness (QED) is 0.471. The molecule has 28 heavy (non-hydrogen) atoms. The zero-order valence-corrected chi connectivity index (χ0v) is 16.2. The first-order chi connectivity index (χ1) is 13.7. The number of hydrogen-bond acceptors (Lipinski definition) is 8. The van der Waals surface area contributed by atoms with Crippen molar-refractivity contribution in [2.45, 2.75) is 6.92 Å². The highest BCUT2D eigenvalue weighted by Gasteiger charge is 2.13. The number of hydrogen-bond donors (Lipinski definition) is 1. The van der Waals surface area contributed by atoms with Crippen molar-refractivity contribution < 1.29 is 18.9 Å². The fraction of sp³-hybridized carbons (Fsp3) is 0.250. The highest BCUT2D eigenvalue weighted by Crippen LogP contribution is 2.37. The molecule has 0 fully saturated rings. The molecule has 1 aromatic heterocycles. The Kier molecular flexibility index (Phi) is 6.11. The molecule has 3 aromatic rings. The molecule has 0 spiro atoms. The number of para-hydroxylation sites is 2. The van der Waals surface area contributed by atoms with Crippen LogP contribution in [0.4, 0.5) is 5.82 Å². The molecule has 0 saturated carbocycles. The Morgan fingerprint density at radius 1 is 0.964 bits per heavy atom. The summed E-state index contributed by atoms with van der Waals surface area (Å²) in [7, 11) is 4.69. The number of methoxy groups -OCH3 is 3. The van der Waals surface area contributed by atoms with Gasteiger partial charge in [-0.25, -0.2) is 9.97 Å². The maximum Gasteiger partial charge on any atom is 0.259 e. The zero-order valence-electron chi connectivity index (χ0n) is 16.2. The first-order valence-electron chi connectivity index (χ1n) is 8.68. The second-order valence-electron chi connectivity index (χ2n) is 5.63. The average molecular weight is 382 g/mol. The second kappa shape index (κ2) is 8.90. The Labute approximate surface area is 163 Å². The van der Waals surface area contributed by atoms with Gasteiger partial charge in [0, 0.05) is 5.56 Å². The number of rotatable bonds is 8. The van der Waals surface area contributed by atoms with E-state index in [0.29, 0.717) is 35.6 Å². The van der Waals surface area contributed by atoms with Gasteiger partial charge in [-0.1, -0.05) is 12.1 Å².